The summed E-state index contributed by atoms with van der Waals surface area (Å²) in [4.78, 5) is 21.6. The Bertz CT molecular complexity index is 693. The van der Waals surface area contributed by atoms with E-state index in [-0.39, 0.29) is 0 Å². The molecule has 2 aliphatic rings. The fourth-order valence-electron chi connectivity index (χ4n) is 3.69. The number of ether oxygens (including phenoxy) is 1. The summed E-state index contributed by atoms with van der Waals surface area (Å²) in [7, 11) is 2.25. The minimum atomic E-state index is -1.26. The number of carboxylic acid groups (broad SMARTS) is 2. The van der Waals surface area contributed by atoms with Crippen LogP contribution in [0.5, 0.6) is 5.75 Å². The van der Waals surface area contributed by atoms with Crippen LogP contribution in [-0.2, 0) is 9.59 Å². The molecule has 0 radical (unpaired) electrons. The molecule has 0 amide bonds. The third-order valence-electron chi connectivity index (χ3n) is 5.05. The molecule has 1 aromatic carbocycles. The van der Waals surface area contributed by atoms with Crippen LogP contribution in [0.3, 0.4) is 0 Å². The van der Waals surface area contributed by atoms with Crippen LogP contribution in [0.4, 0.5) is 0 Å². The number of hydrogen-bond acceptors (Lipinski definition) is 4. The van der Waals surface area contributed by atoms with Gasteiger partial charge < -0.3 is 19.8 Å². The van der Waals surface area contributed by atoms with Crippen LogP contribution in [-0.4, -0.2) is 52.8 Å². The molecule has 2 saturated heterocycles. The Morgan fingerprint density at radius 1 is 1.15 bits per heavy atom. The van der Waals surface area contributed by atoms with Gasteiger partial charge in [0.2, 0.25) is 0 Å². The predicted octanol–water partition coefficient (Wildman–Crippen LogP) is 3.96. The molecule has 2 unspecified atom stereocenters. The van der Waals surface area contributed by atoms with Gasteiger partial charge in [0.15, 0.2) is 0 Å². The highest BCUT2D eigenvalue weighted by Crippen LogP contribution is 2.39. The van der Waals surface area contributed by atoms with E-state index >= 15 is 0 Å². The van der Waals surface area contributed by atoms with Crippen molar-refractivity contribution in [2.24, 2.45) is 5.92 Å². The number of nitrogens with zero attached hydrogens (tertiary/aromatic N) is 1. The van der Waals surface area contributed by atoms with E-state index in [0.717, 1.165) is 12.6 Å². The molecule has 2 N–H and O–H groups in total. The van der Waals surface area contributed by atoms with Crippen molar-refractivity contribution >= 4 is 35.1 Å². The molecular weight excluding hydrogens is 393 g/mol. The average Bonchev–Trinajstić information content (AvgIpc) is 2.85. The Kier molecular flexibility index (Phi) is 7.95. The van der Waals surface area contributed by atoms with Gasteiger partial charge in [-0.1, -0.05) is 29.3 Å². The minimum absolute atomic E-state index is 0.526. The van der Waals surface area contributed by atoms with E-state index in [2.05, 4.69) is 11.9 Å². The molecule has 6 nitrogen and oxygen atoms in total. The zero-order valence-corrected chi connectivity index (χ0v) is 16.5. The Balaban J connectivity index is 0.000000279. The Hall–Kier alpha value is -1.76. The van der Waals surface area contributed by atoms with Crippen molar-refractivity contribution in [3.05, 3.63) is 40.4 Å². The summed E-state index contributed by atoms with van der Waals surface area (Å²) in [6, 6.07) is 7.03. The van der Waals surface area contributed by atoms with Crippen molar-refractivity contribution in [2.45, 2.75) is 37.8 Å². The van der Waals surface area contributed by atoms with Crippen LogP contribution >= 0.6 is 23.2 Å². The maximum Gasteiger partial charge on any atom is 0.328 e. The Morgan fingerprint density at radius 3 is 2.41 bits per heavy atom. The van der Waals surface area contributed by atoms with Gasteiger partial charge in [0.05, 0.1) is 11.6 Å². The molecule has 0 spiro atoms. The molecule has 2 fully saturated rings. The summed E-state index contributed by atoms with van der Waals surface area (Å²) in [6.07, 6.45) is 6.32. The smallest absolute Gasteiger partial charge is 0.328 e. The highest BCUT2D eigenvalue weighted by atomic mass is 35.5. The maximum atomic E-state index is 9.55. The molecule has 2 aliphatic heterocycles. The molecule has 0 aliphatic carbocycles. The number of fused-ring (bicyclic) bond motifs is 2. The number of rotatable bonds is 5. The van der Waals surface area contributed by atoms with Crippen LogP contribution in [0.25, 0.3) is 0 Å². The van der Waals surface area contributed by atoms with Gasteiger partial charge in [-0.15, -0.1) is 0 Å². The second-order valence-electron chi connectivity index (χ2n) is 6.67. The monoisotopic (exact) mass is 415 g/mol. The lowest BCUT2D eigenvalue weighted by molar-refractivity contribution is -0.134. The lowest BCUT2D eigenvalue weighted by atomic mass is 9.91. The van der Waals surface area contributed by atoms with Crippen LogP contribution < -0.4 is 4.74 Å². The third kappa shape index (κ3) is 6.13. The highest BCUT2D eigenvalue weighted by Gasteiger charge is 2.40. The molecule has 3 atom stereocenters. The number of benzene rings is 1. The van der Waals surface area contributed by atoms with E-state index in [0.29, 0.717) is 39.9 Å². The largest absolute Gasteiger partial charge is 0.492 e. The first-order chi connectivity index (χ1) is 12.8. The van der Waals surface area contributed by atoms with Crippen LogP contribution in [0.2, 0.25) is 10.0 Å². The normalized spacial score (nSPS) is 24.3. The summed E-state index contributed by atoms with van der Waals surface area (Å²) in [5.74, 6) is -1.20. The molecule has 8 heteroatoms. The van der Waals surface area contributed by atoms with Gasteiger partial charge >= 0.3 is 11.9 Å². The Labute approximate surface area is 168 Å². The molecule has 148 valence electrons. The Morgan fingerprint density at radius 2 is 1.78 bits per heavy atom. The van der Waals surface area contributed by atoms with Gasteiger partial charge in [0, 0.05) is 30.2 Å². The van der Waals surface area contributed by atoms with Crippen molar-refractivity contribution < 1.29 is 24.5 Å². The van der Waals surface area contributed by atoms with Gasteiger partial charge in [-0.25, -0.2) is 9.59 Å². The molecular formula is C19H23Cl2NO5. The zero-order valence-electron chi connectivity index (χ0n) is 15.0. The van der Waals surface area contributed by atoms with Crippen molar-refractivity contribution in [3.8, 4) is 5.75 Å². The summed E-state index contributed by atoms with van der Waals surface area (Å²) < 4.78 is 5.91. The topological polar surface area (TPSA) is 87.1 Å². The van der Waals surface area contributed by atoms with Crippen molar-refractivity contribution in [3.63, 3.8) is 0 Å². The fourth-order valence-corrected chi connectivity index (χ4v) is 4.03. The van der Waals surface area contributed by atoms with Gasteiger partial charge in [-0.3, -0.25) is 0 Å². The standard InChI is InChI=1S/C15H19Cl2NO.C4H4O4/c1-18-11-6-5-10(13(18)8-7-11)9-19-14-4-2-3-12(16)15(14)17;5-3(6)1-2-4(7)8/h2-4,10-11,13H,5-9H2,1H3;1-2H,(H,5,6)(H,7,8)/b;2-1+/t10-,11?,13?;/m0./s1. The van der Waals surface area contributed by atoms with Gasteiger partial charge in [-0.2, -0.15) is 0 Å². The van der Waals surface area contributed by atoms with E-state index in [4.69, 9.17) is 38.2 Å². The number of aliphatic carboxylic acids is 2. The first-order valence-corrected chi connectivity index (χ1v) is 9.48. The summed E-state index contributed by atoms with van der Waals surface area (Å²) >= 11 is 12.2. The van der Waals surface area contributed by atoms with Crippen LogP contribution in [0, 0.1) is 5.92 Å². The average molecular weight is 416 g/mol. The van der Waals surface area contributed by atoms with Crippen LogP contribution in [0.1, 0.15) is 25.7 Å². The predicted molar refractivity (Wildman–Crippen MR) is 104 cm³/mol. The van der Waals surface area contributed by atoms with Crippen molar-refractivity contribution in [1.82, 2.24) is 4.90 Å². The number of hydrogen-bond donors (Lipinski definition) is 2. The summed E-state index contributed by atoms with van der Waals surface area (Å²) in [5, 5.41) is 16.7. The van der Waals surface area contributed by atoms with Gasteiger partial charge in [0.1, 0.15) is 10.8 Å². The lowest BCUT2D eigenvalue weighted by Gasteiger charge is -2.37. The summed E-state index contributed by atoms with van der Waals surface area (Å²) in [6.45, 7) is 0.738. The fraction of sp³-hybridized carbons (Fsp3) is 0.474. The van der Waals surface area contributed by atoms with E-state index in [1.165, 1.54) is 25.7 Å². The number of halogens is 2. The second-order valence-corrected chi connectivity index (χ2v) is 7.46. The molecule has 0 aromatic heterocycles. The quantitative estimate of drug-likeness (QED) is 0.707. The first-order valence-electron chi connectivity index (χ1n) is 8.72. The van der Waals surface area contributed by atoms with Gasteiger partial charge in [0.25, 0.3) is 0 Å². The number of carbonyl (C=O) groups is 2. The second kappa shape index (κ2) is 9.97. The number of piperidine rings is 1. The third-order valence-corrected chi connectivity index (χ3v) is 5.85. The molecule has 1 aromatic rings. The zero-order chi connectivity index (χ0) is 20.0. The molecule has 2 bridgehead atoms. The molecule has 2 heterocycles. The molecule has 27 heavy (non-hydrogen) atoms. The first kappa shape index (κ1) is 21.5. The maximum absolute atomic E-state index is 9.55. The van der Waals surface area contributed by atoms with E-state index in [1.54, 1.807) is 6.07 Å². The molecule has 0 saturated carbocycles. The summed E-state index contributed by atoms with van der Waals surface area (Å²) in [5.41, 5.74) is 0. The molecule has 3 rings (SSSR count). The SMILES string of the molecule is CN1C2CCC1[C@H](COc1cccc(Cl)c1Cl)CC2.O=C(O)/C=C/C(=O)O. The lowest BCUT2D eigenvalue weighted by Crippen LogP contribution is -2.43. The van der Waals surface area contributed by atoms with Gasteiger partial charge in [-0.05, 0) is 44.9 Å². The van der Waals surface area contributed by atoms with E-state index < -0.39 is 11.9 Å². The van der Waals surface area contributed by atoms with Crippen LogP contribution in [0.15, 0.2) is 30.4 Å². The number of carboxylic acids is 2. The van der Waals surface area contributed by atoms with Crippen molar-refractivity contribution in [1.29, 1.82) is 0 Å². The van der Waals surface area contributed by atoms with E-state index in [1.807, 2.05) is 12.1 Å². The van der Waals surface area contributed by atoms with E-state index in [9.17, 15) is 9.59 Å². The minimum Gasteiger partial charge on any atom is -0.492 e. The van der Waals surface area contributed by atoms with Crippen molar-refractivity contribution in [2.75, 3.05) is 13.7 Å². The highest BCUT2D eigenvalue weighted by molar-refractivity contribution is 6.42.